The van der Waals surface area contributed by atoms with Crippen LogP contribution in [0, 0.1) is 19.8 Å². The maximum absolute atomic E-state index is 12.9. The molecule has 1 aliphatic rings. The minimum Gasteiger partial charge on any atom is -0.369 e. The van der Waals surface area contributed by atoms with Crippen LogP contribution in [0.5, 0.6) is 0 Å². The molecule has 0 bridgehead atoms. The molecule has 0 radical (unpaired) electrons. The summed E-state index contributed by atoms with van der Waals surface area (Å²) in [7, 11) is -3.64. The van der Waals surface area contributed by atoms with Crippen molar-refractivity contribution in [1.29, 1.82) is 0 Å². The van der Waals surface area contributed by atoms with Gasteiger partial charge in [-0.1, -0.05) is 6.07 Å². The number of likely N-dealkylation sites (tertiary alicyclic amines) is 1. The maximum Gasteiger partial charge on any atom is 0.246 e. The van der Waals surface area contributed by atoms with Gasteiger partial charge in [-0.15, -0.1) is 0 Å². The summed E-state index contributed by atoms with van der Waals surface area (Å²) in [5.74, 6) is -0.838. The van der Waals surface area contributed by atoms with Crippen molar-refractivity contribution < 1.29 is 18.0 Å². The molecule has 144 valence electrons. The molecule has 1 aliphatic heterocycles. The van der Waals surface area contributed by atoms with Crippen molar-refractivity contribution in [2.45, 2.75) is 39.7 Å². The molecule has 0 saturated carbocycles. The van der Waals surface area contributed by atoms with Crippen LogP contribution in [0.2, 0.25) is 0 Å². The largest absolute Gasteiger partial charge is 0.369 e. The molecular formula is C18H27N3O4S. The Morgan fingerprint density at radius 1 is 1.19 bits per heavy atom. The molecule has 0 unspecified atom stereocenters. The molecule has 2 amide bonds. The second kappa shape index (κ2) is 7.65. The zero-order valence-corrected chi connectivity index (χ0v) is 16.5. The van der Waals surface area contributed by atoms with E-state index in [4.69, 9.17) is 5.73 Å². The van der Waals surface area contributed by atoms with E-state index in [0.717, 1.165) is 17.4 Å². The first-order valence-electron chi connectivity index (χ1n) is 8.67. The van der Waals surface area contributed by atoms with Gasteiger partial charge in [-0.05, 0) is 56.9 Å². The zero-order valence-electron chi connectivity index (χ0n) is 15.7. The number of amides is 2. The van der Waals surface area contributed by atoms with Gasteiger partial charge >= 0.3 is 0 Å². The number of nitrogens with two attached hydrogens (primary N) is 1. The van der Waals surface area contributed by atoms with Gasteiger partial charge in [-0.25, -0.2) is 8.42 Å². The summed E-state index contributed by atoms with van der Waals surface area (Å²) in [5, 5.41) is 0. The lowest BCUT2D eigenvalue weighted by Crippen LogP contribution is -2.52. The van der Waals surface area contributed by atoms with E-state index in [1.54, 1.807) is 24.0 Å². The van der Waals surface area contributed by atoms with E-state index in [9.17, 15) is 18.0 Å². The summed E-state index contributed by atoms with van der Waals surface area (Å²) < 4.78 is 26.0. The molecule has 1 fully saturated rings. The Hall–Kier alpha value is -2.09. The summed E-state index contributed by atoms with van der Waals surface area (Å²) in [6, 6.07) is 4.47. The predicted octanol–water partition coefficient (Wildman–Crippen LogP) is 1.18. The molecule has 1 aromatic rings. The summed E-state index contributed by atoms with van der Waals surface area (Å²) in [4.78, 5) is 25.8. The molecule has 1 heterocycles. The van der Waals surface area contributed by atoms with Gasteiger partial charge in [0.25, 0.3) is 0 Å². The number of rotatable bonds is 5. The highest BCUT2D eigenvalue weighted by Crippen LogP contribution is 2.25. The van der Waals surface area contributed by atoms with Gasteiger partial charge in [0.15, 0.2) is 0 Å². The number of carbonyl (C=O) groups is 2. The van der Waals surface area contributed by atoms with Crippen LogP contribution in [0.1, 0.15) is 30.9 Å². The Balaban J connectivity index is 2.24. The van der Waals surface area contributed by atoms with Gasteiger partial charge in [-0.2, -0.15) is 0 Å². The molecule has 2 N–H and O–H groups in total. The highest BCUT2D eigenvalue weighted by molar-refractivity contribution is 7.92. The molecule has 0 aromatic heterocycles. The van der Waals surface area contributed by atoms with Gasteiger partial charge in [0.1, 0.15) is 6.04 Å². The number of anilines is 1. The number of sulfonamides is 1. The van der Waals surface area contributed by atoms with Crippen molar-refractivity contribution in [3.63, 3.8) is 0 Å². The average Bonchev–Trinajstić information content (AvgIpc) is 2.56. The molecular weight excluding hydrogens is 354 g/mol. The lowest BCUT2D eigenvalue weighted by molar-refractivity contribution is -0.135. The third-order valence-electron chi connectivity index (χ3n) is 5.02. The quantitative estimate of drug-likeness (QED) is 0.827. The van der Waals surface area contributed by atoms with Crippen LogP contribution < -0.4 is 10.0 Å². The zero-order chi connectivity index (χ0) is 19.6. The highest BCUT2D eigenvalue weighted by atomic mass is 32.2. The Kier molecular flexibility index (Phi) is 5.95. The van der Waals surface area contributed by atoms with E-state index in [-0.39, 0.29) is 17.7 Å². The molecule has 7 nitrogen and oxygen atoms in total. The minimum absolute atomic E-state index is 0.222. The first kappa shape index (κ1) is 20.2. The molecule has 1 saturated heterocycles. The van der Waals surface area contributed by atoms with Gasteiger partial charge < -0.3 is 10.6 Å². The van der Waals surface area contributed by atoms with Crippen LogP contribution in [0.3, 0.4) is 0 Å². The van der Waals surface area contributed by atoms with Gasteiger partial charge in [0, 0.05) is 19.0 Å². The number of carbonyl (C=O) groups excluding carboxylic acids is 2. The Bertz CT molecular complexity index is 799. The summed E-state index contributed by atoms with van der Waals surface area (Å²) in [6.07, 6.45) is 2.12. The van der Waals surface area contributed by atoms with Crippen molar-refractivity contribution in [1.82, 2.24) is 4.90 Å². The van der Waals surface area contributed by atoms with E-state index < -0.39 is 16.1 Å². The molecule has 1 atom stereocenters. The molecule has 26 heavy (non-hydrogen) atoms. The van der Waals surface area contributed by atoms with Crippen molar-refractivity contribution in [2.24, 2.45) is 11.7 Å². The van der Waals surface area contributed by atoms with Crippen LogP contribution in [0.25, 0.3) is 0 Å². The monoisotopic (exact) mass is 381 g/mol. The number of aryl methyl sites for hydroxylation is 2. The lowest BCUT2D eigenvalue weighted by atomic mass is 9.96. The summed E-state index contributed by atoms with van der Waals surface area (Å²) in [6.45, 7) is 6.25. The standard InChI is InChI=1S/C18H27N3O4S/c1-12-5-6-16(11-13(12)2)21(26(4,24)25)14(3)18(23)20-9-7-15(8-10-20)17(19)22/h5-6,11,14-15H,7-10H2,1-4H3,(H2,19,22)/t14-/m1/s1. The molecule has 1 aromatic carbocycles. The second-order valence-corrected chi connectivity index (χ2v) is 8.86. The van der Waals surface area contributed by atoms with Crippen LogP contribution in [-0.4, -0.2) is 50.5 Å². The Labute approximate surface area is 155 Å². The third kappa shape index (κ3) is 4.35. The minimum atomic E-state index is -3.64. The molecule has 0 spiro atoms. The number of hydrogen-bond donors (Lipinski definition) is 1. The van der Waals surface area contributed by atoms with Crippen molar-refractivity contribution in [3.05, 3.63) is 29.3 Å². The molecule has 8 heteroatoms. The topological polar surface area (TPSA) is 101 Å². The number of hydrogen-bond acceptors (Lipinski definition) is 4. The third-order valence-corrected chi connectivity index (χ3v) is 6.26. The van der Waals surface area contributed by atoms with Crippen LogP contribution in [0.15, 0.2) is 18.2 Å². The second-order valence-electron chi connectivity index (χ2n) is 7.01. The summed E-state index contributed by atoms with van der Waals surface area (Å²) in [5.41, 5.74) is 7.81. The van der Waals surface area contributed by atoms with E-state index in [0.29, 0.717) is 31.6 Å². The maximum atomic E-state index is 12.9. The van der Waals surface area contributed by atoms with E-state index in [2.05, 4.69) is 0 Å². The van der Waals surface area contributed by atoms with Crippen LogP contribution >= 0.6 is 0 Å². The smallest absolute Gasteiger partial charge is 0.246 e. The van der Waals surface area contributed by atoms with Gasteiger partial charge in [0.05, 0.1) is 11.9 Å². The Morgan fingerprint density at radius 2 is 1.77 bits per heavy atom. The van der Waals surface area contributed by atoms with Crippen molar-refractivity contribution >= 4 is 27.5 Å². The first-order valence-corrected chi connectivity index (χ1v) is 10.5. The molecule has 2 rings (SSSR count). The highest BCUT2D eigenvalue weighted by Gasteiger charge is 2.34. The van der Waals surface area contributed by atoms with Crippen molar-refractivity contribution in [2.75, 3.05) is 23.7 Å². The van der Waals surface area contributed by atoms with E-state index >= 15 is 0 Å². The van der Waals surface area contributed by atoms with Crippen LogP contribution in [-0.2, 0) is 19.6 Å². The average molecular weight is 381 g/mol. The lowest BCUT2D eigenvalue weighted by Gasteiger charge is -2.36. The number of primary amides is 1. The predicted molar refractivity (Wildman–Crippen MR) is 101 cm³/mol. The summed E-state index contributed by atoms with van der Waals surface area (Å²) >= 11 is 0. The SMILES string of the molecule is Cc1ccc(N([C@H](C)C(=O)N2CCC(C(N)=O)CC2)S(C)(=O)=O)cc1C. The number of piperidine rings is 1. The normalized spacial score (nSPS) is 17.0. The fraction of sp³-hybridized carbons (Fsp3) is 0.556. The van der Waals surface area contributed by atoms with Gasteiger partial charge in [-0.3, -0.25) is 13.9 Å². The Morgan fingerprint density at radius 3 is 2.23 bits per heavy atom. The number of benzene rings is 1. The van der Waals surface area contributed by atoms with Crippen molar-refractivity contribution in [3.8, 4) is 0 Å². The molecule has 0 aliphatic carbocycles. The fourth-order valence-corrected chi connectivity index (χ4v) is 4.48. The van der Waals surface area contributed by atoms with E-state index in [1.165, 1.54) is 4.31 Å². The number of nitrogens with zero attached hydrogens (tertiary/aromatic N) is 2. The van der Waals surface area contributed by atoms with Crippen LogP contribution in [0.4, 0.5) is 5.69 Å². The van der Waals surface area contributed by atoms with E-state index in [1.807, 2.05) is 19.9 Å². The first-order chi connectivity index (χ1) is 12.0. The fourth-order valence-electron chi connectivity index (χ4n) is 3.31. The van der Waals surface area contributed by atoms with Gasteiger partial charge in [0.2, 0.25) is 21.8 Å².